The van der Waals surface area contributed by atoms with Crippen LogP contribution in [0.5, 0.6) is 0 Å². The number of hydrogen-bond donors (Lipinski definition) is 1. The Labute approximate surface area is 150 Å². The topological polar surface area (TPSA) is 73.1 Å². The fourth-order valence-corrected chi connectivity index (χ4v) is 3.73. The van der Waals surface area contributed by atoms with Gasteiger partial charge in [0.15, 0.2) is 0 Å². The molecule has 8 heteroatoms. The minimum Gasteiger partial charge on any atom is -0.283 e. The number of nitrogens with zero attached hydrogens (tertiary/aromatic N) is 2. The zero-order chi connectivity index (χ0) is 18.2. The van der Waals surface area contributed by atoms with Crippen LogP contribution in [0.4, 0.5) is 5.69 Å². The summed E-state index contributed by atoms with van der Waals surface area (Å²) in [6.07, 6.45) is 0. The van der Waals surface area contributed by atoms with Crippen LogP contribution in [-0.2, 0) is 17.1 Å². The quantitative estimate of drug-likeness (QED) is 0.759. The summed E-state index contributed by atoms with van der Waals surface area (Å²) < 4.78 is 30.5. The van der Waals surface area contributed by atoms with E-state index >= 15 is 0 Å². The van der Waals surface area contributed by atoms with E-state index in [1.54, 1.807) is 30.8 Å². The SMILES string of the molecule is Cc1c(NS(=O)(=O)c2ccc(Cl)cc2)c(=O)n(-c2ccccc2)n1C. The smallest absolute Gasteiger partial charge is 0.283 e. The maximum Gasteiger partial charge on any atom is 0.296 e. The molecule has 25 heavy (non-hydrogen) atoms. The summed E-state index contributed by atoms with van der Waals surface area (Å²) in [5.41, 5.74) is 0.728. The molecule has 0 aliphatic heterocycles. The zero-order valence-corrected chi connectivity index (χ0v) is 15.2. The molecule has 0 amide bonds. The first-order valence-electron chi connectivity index (χ1n) is 7.43. The number of halogens is 1. The molecule has 1 N–H and O–H groups in total. The van der Waals surface area contributed by atoms with Gasteiger partial charge in [-0.1, -0.05) is 29.8 Å². The Morgan fingerprint density at radius 1 is 1.00 bits per heavy atom. The van der Waals surface area contributed by atoms with Gasteiger partial charge in [-0.3, -0.25) is 14.2 Å². The third-order valence-electron chi connectivity index (χ3n) is 3.91. The van der Waals surface area contributed by atoms with E-state index in [4.69, 9.17) is 11.6 Å². The van der Waals surface area contributed by atoms with Gasteiger partial charge < -0.3 is 0 Å². The summed E-state index contributed by atoms with van der Waals surface area (Å²) in [6.45, 7) is 1.68. The van der Waals surface area contributed by atoms with E-state index in [-0.39, 0.29) is 10.6 Å². The van der Waals surface area contributed by atoms with Crippen LogP contribution in [0.2, 0.25) is 5.02 Å². The van der Waals surface area contributed by atoms with Crippen LogP contribution in [0.15, 0.2) is 64.3 Å². The molecule has 130 valence electrons. The van der Waals surface area contributed by atoms with Crippen molar-refractivity contribution in [2.24, 2.45) is 7.05 Å². The lowest BCUT2D eigenvalue weighted by Gasteiger charge is -2.07. The maximum atomic E-state index is 12.8. The molecule has 0 saturated carbocycles. The highest BCUT2D eigenvalue weighted by Gasteiger charge is 2.22. The highest BCUT2D eigenvalue weighted by Crippen LogP contribution is 2.20. The average Bonchev–Trinajstić information content (AvgIpc) is 2.79. The second kappa shape index (κ2) is 6.42. The second-order valence-corrected chi connectivity index (χ2v) is 7.61. The van der Waals surface area contributed by atoms with Crippen molar-refractivity contribution in [3.63, 3.8) is 0 Å². The summed E-state index contributed by atoms with van der Waals surface area (Å²) in [5, 5.41) is 0.432. The van der Waals surface area contributed by atoms with Gasteiger partial charge in [-0.25, -0.2) is 13.1 Å². The fraction of sp³-hybridized carbons (Fsp3) is 0.118. The summed E-state index contributed by atoms with van der Waals surface area (Å²) in [4.78, 5) is 12.8. The number of rotatable bonds is 4. The molecular weight excluding hydrogens is 362 g/mol. The third-order valence-corrected chi connectivity index (χ3v) is 5.53. The maximum absolute atomic E-state index is 12.8. The Kier molecular flexibility index (Phi) is 4.45. The molecule has 1 heterocycles. The van der Waals surface area contributed by atoms with Crippen LogP contribution in [0.3, 0.4) is 0 Å². The van der Waals surface area contributed by atoms with E-state index in [0.29, 0.717) is 16.4 Å². The van der Waals surface area contributed by atoms with Gasteiger partial charge in [-0.2, -0.15) is 0 Å². The van der Waals surface area contributed by atoms with Gasteiger partial charge in [0.1, 0.15) is 5.69 Å². The number of sulfonamides is 1. The molecule has 1 aromatic heterocycles. The Morgan fingerprint density at radius 3 is 2.20 bits per heavy atom. The molecule has 2 aromatic carbocycles. The first-order chi connectivity index (χ1) is 11.8. The molecule has 0 atom stereocenters. The van der Waals surface area contributed by atoms with Crippen molar-refractivity contribution in [2.75, 3.05) is 4.72 Å². The minimum atomic E-state index is -3.90. The van der Waals surface area contributed by atoms with Gasteiger partial charge in [-0.05, 0) is 43.3 Å². The van der Waals surface area contributed by atoms with Crippen LogP contribution in [0, 0.1) is 6.92 Å². The summed E-state index contributed by atoms with van der Waals surface area (Å²) >= 11 is 5.79. The van der Waals surface area contributed by atoms with Gasteiger partial charge in [-0.15, -0.1) is 0 Å². The first-order valence-corrected chi connectivity index (χ1v) is 9.30. The standard InChI is InChI=1S/C17H16ClN3O3S/c1-12-16(19-25(23,24)15-10-8-13(18)9-11-15)17(22)21(20(12)2)14-6-4-3-5-7-14/h3-11,19H,1-2H3. The molecule has 6 nitrogen and oxygen atoms in total. The monoisotopic (exact) mass is 377 g/mol. The number of nitrogens with one attached hydrogen (secondary N) is 1. The Morgan fingerprint density at radius 2 is 1.60 bits per heavy atom. The molecular formula is C17H16ClN3O3S. The Hall–Kier alpha value is -2.51. The van der Waals surface area contributed by atoms with E-state index in [0.717, 1.165) is 0 Å². The number of para-hydroxylation sites is 1. The van der Waals surface area contributed by atoms with E-state index in [1.165, 1.54) is 28.9 Å². The molecule has 0 saturated heterocycles. The first kappa shape index (κ1) is 17.3. The van der Waals surface area contributed by atoms with E-state index in [1.807, 2.05) is 18.2 Å². The predicted molar refractivity (Wildman–Crippen MR) is 98.0 cm³/mol. The van der Waals surface area contributed by atoms with Crippen molar-refractivity contribution in [1.29, 1.82) is 0 Å². The molecule has 0 bridgehead atoms. The lowest BCUT2D eigenvalue weighted by atomic mass is 10.3. The summed E-state index contributed by atoms with van der Waals surface area (Å²) in [7, 11) is -2.20. The number of hydrogen-bond acceptors (Lipinski definition) is 3. The molecule has 0 radical (unpaired) electrons. The van der Waals surface area contributed by atoms with Crippen LogP contribution in [-0.4, -0.2) is 17.8 Å². The molecule has 0 aliphatic carbocycles. The fourth-order valence-electron chi connectivity index (χ4n) is 2.49. The highest BCUT2D eigenvalue weighted by atomic mass is 35.5. The lowest BCUT2D eigenvalue weighted by molar-refractivity contribution is 0.601. The van der Waals surface area contributed by atoms with Gasteiger partial charge in [0.2, 0.25) is 0 Å². The van der Waals surface area contributed by atoms with Crippen LogP contribution < -0.4 is 10.3 Å². The predicted octanol–water partition coefficient (Wildman–Crippen LogP) is 2.94. The van der Waals surface area contributed by atoms with Crippen LogP contribution in [0.1, 0.15) is 5.69 Å². The lowest BCUT2D eigenvalue weighted by Crippen LogP contribution is -2.23. The summed E-state index contributed by atoms with van der Waals surface area (Å²) in [5.74, 6) is 0. The van der Waals surface area contributed by atoms with Crippen molar-refractivity contribution in [1.82, 2.24) is 9.36 Å². The van der Waals surface area contributed by atoms with Crippen molar-refractivity contribution in [3.05, 3.63) is 75.7 Å². The number of aromatic nitrogens is 2. The number of anilines is 1. The molecule has 3 rings (SSSR count). The molecule has 0 spiro atoms. The van der Waals surface area contributed by atoms with Crippen LogP contribution in [0.25, 0.3) is 5.69 Å². The van der Waals surface area contributed by atoms with E-state index in [9.17, 15) is 13.2 Å². The van der Waals surface area contributed by atoms with Gasteiger partial charge in [0.25, 0.3) is 15.6 Å². The largest absolute Gasteiger partial charge is 0.296 e. The van der Waals surface area contributed by atoms with Crippen molar-refractivity contribution < 1.29 is 8.42 Å². The molecule has 0 fully saturated rings. The number of benzene rings is 2. The molecule has 0 aliphatic rings. The van der Waals surface area contributed by atoms with Crippen molar-refractivity contribution in [3.8, 4) is 5.69 Å². The Bertz CT molecular complexity index is 1070. The van der Waals surface area contributed by atoms with E-state index < -0.39 is 15.6 Å². The molecule has 3 aromatic rings. The highest BCUT2D eigenvalue weighted by molar-refractivity contribution is 7.92. The van der Waals surface area contributed by atoms with Crippen molar-refractivity contribution in [2.45, 2.75) is 11.8 Å². The van der Waals surface area contributed by atoms with Gasteiger partial charge in [0, 0.05) is 12.1 Å². The minimum absolute atomic E-state index is 0.0151. The van der Waals surface area contributed by atoms with Crippen molar-refractivity contribution >= 4 is 27.3 Å². The van der Waals surface area contributed by atoms with Gasteiger partial charge >= 0.3 is 0 Å². The van der Waals surface area contributed by atoms with Gasteiger partial charge in [0.05, 0.1) is 16.3 Å². The zero-order valence-electron chi connectivity index (χ0n) is 13.6. The second-order valence-electron chi connectivity index (χ2n) is 5.50. The van der Waals surface area contributed by atoms with Crippen LogP contribution >= 0.6 is 11.6 Å². The molecule has 0 unspecified atom stereocenters. The normalized spacial score (nSPS) is 11.5. The third kappa shape index (κ3) is 3.20. The van der Waals surface area contributed by atoms with E-state index in [2.05, 4.69) is 4.72 Å². The summed E-state index contributed by atoms with van der Waals surface area (Å²) in [6, 6.07) is 14.7. The Balaban J connectivity index is 2.07. The average molecular weight is 378 g/mol.